The molecule has 0 bridgehead atoms. The molecule has 4 heterocycles. The molecule has 2 N–H and O–H groups in total. The van der Waals surface area contributed by atoms with Crippen molar-refractivity contribution in [2.45, 2.75) is 111 Å². The number of imidazole rings is 1. The molecule has 1 unspecified atom stereocenters. The summed E-state index contributed by atoms with van der Waals surface area (Å²) in [6.45, 7) is 13.5. The maximum Gasteiger partial charge on any atom is 0.439 e. The molecular weight excluding hydrogens is 492 g/mol. The van der Waals surface area contributed by atoms with Crippen LogP contribution in [0.4, 0.5) is 11.8 Å². The van der Waals surface area contributed by atoms with Gasteiger partial charge in [0.1, 0.15) is 5.52 Å². The van der Waals surface area contributed by atoms with Gasteiger partial charge in [-0.25, -0.2) is 14.8 Å². The first kappa shape index (κ1) is 26.3. The fourth-order valence-electron chi connectivity index (χ4n) is 6.90. The summed E-state index contributed by atoms with van der Waals surface area (Å²) in [6.07, 6.45) is 11.1. The molecule has 1 saturated heterocycles. The van der Waals surface area contributed by atoms with Gasteiger partial charge in [-0.2, -0.15) is 4.98 Å². The number of nitrogens with one attached hydrogen (secondary N) is 2. The molecule has 2 atom stereocenters. The Bertz CT molecular complexity index is 1360. The second-order valence-corrected chi connectivity index (χ2v) is 13.5. The van der Waals surface area contributed by atoms with Gasteiger partial charge in [0, 0.05) is 25.2 Å². The number of aromatic amines is 1. The van der Waals surface area contributed by atoms with Crippen LogP contribution < -0.4 is 16.0 Å². The lowest BCUT2D eigenvalue weighted by Crippen LogP contribution is -2.41. The summed E-state index contributed by atoms with van der Waals surface area (Å²) < 4.78 is 7.21. The van der Waals surface area contributed by atoms with E-state index in [0.29, 0.717) is 29.3 Å². The molecule has 3 aromatic rings. The first-order valence-corrected chi connectivity index (χ1v) is 15.0. The lowest BCUT2D eigenvalue weighted by molar-refractivity contribution is 0.265. The van der Waals surface area contributed by atoms with Crippen LogP contribution in [-0.4, -0.2) is 48.3 Å². The lowest BCUT2D eigenvalue weighted by atomic mass is 9.80. The zero-order valence-corrected chi connectivity index (χ0v) is 24.2. The SMILES string of the molecule is CC1CCC(Cn2c(N3CCCC3C(C)(C)C)nc3nc(-c4noc(=O)[nH]4)nc(N[C@H](C)C4CCC4)c32)CC1. The molecule has 3 fully saturated rings. The number of H-pyrrole nitrogens is 1. The monoisotopic (exact) mass is 536 g/mol. The van der Waals surface area contributed by atoms with Crippen molar-refractivity contribution in [1.82, 2.24) is 29.7 Å². The summed E-state index contributed by atoms with van der Waals surface area (Å²) in [5.41, 5.74) is 1.74. The molecule has 0 radical (unpaired) electrons. The van der Waals surface area contributed by atoms with Gasteiger partial charge < -0.3 is 14.8 Å². The lowest BCUT2D eigenvalue weighted by Gasteiger charge is -2.36. The molecule has 0 amide bonds. The summed E-state index contributed by atoms with van der Waals surface area (Å²) in [4.78, 5) is 31.9. The molecule has 2 aliphatic carbocycles. The number of rotatable bonds is 7. The third kappa shape index (κ3) is 5.18. The van der Waals surface area contributed by atoms with Gasteiger partial charge in [0.25, 0.3) is 0 Å². The molecule has 212 valence electrons. The zero-order chi connectivity index (χ0) is 27.3. The van der Waals surface area contributed by atoms with Crippen LogP contribution in [0.3, 0.4) is 0 Å². The average molecular weight is 537 g/mol. The van der Waals surface area contributed by atoms with E-state index in [1.54, 1.807) is 0 Å². The van der Waals surface area contributed by atoms with Crippen molar-refractivity contribution in [1.29, 1.82) is 0 Å². The molecule has 3 aromatic heterocycles. The highest BCUT2D eigenvalue weighted by Gasteiger charge is 2.38. The van der Waals surface area contributed by atoms with Crippen LogP contribution in [0.1, 0.15) is 92.4 Å². The van der Waals surface area contributed by atoms with E-state index < -0.39 is 5.76 Å². The minimum atomic E-state index is -0.617. The third-order valence-electron chi connectivity index (χ3n) is 9.54. The minimum Gasteiger partial charge on any atom is -0.365 e. The van der Waals surface area contributed by atoms with Gasteiger partial charge in [-0.1, -0.05) is 52.1 Å². The van der Waals surface area contributed by atoms with Gasteiger partial charge in [0.2, 0.25) is 17.6 Å². The molecule has 0 spiro atoms. The second kappa shape index (κ2) is 10.2. The van der Waals surface area contributed by atoms with Crippen molar-refractivity contribution < 1.29 is 4.52 Å². The smallest absolute Gasteiger partial charge is 0.365 e. The Morgan fingerprint density at radius 3 is 2.46 bits per heavy atom. The minimum absolute atomic E-state index is 0.136. The summed E-state index contributed by atoms with van der Waals surface area (Å²) in [5.74, 6) is 3.75. The number of hydrogen-bond acceptors (Lipinski definition) is 8. The second-order valence-electron chi connectivity index (χ2n) is 13.5. The van der Waals surface area contributed by atoms with E-state index in [4.69, 9.17) is 19.5 Å². The van der Waals surface area contributed by atoms with E-state index in [1.165, 1.54) is 44.9 Å². The average Bonchev–Trinajstić information content (AvgIpc) is 3.57. The molecule has 2 saturated carbocycles. The topological polar surface area (TPSA) is 118 Å². The maximum absolute atomic E-state index is 11.8. The first-order chi connectivity index (χ1) is 18.7. The molecule has 6 rings (SSSR count). The van der Waals surface area contributed by atoms with Crippen molar-refractivity contribution in [2.24, 2.45) is 23.2 Å². The number of nitrogens with zero attached hydrogens (tertiary/aromatic N) is 6. The molecule has 3 aliphatic rings. The van der Waals surface area contributed by atoms with E-state index in [1.807, 2.05) is 0 Å². The van der Waals surface area contributed by atoms with Crippen LogP contribution >= 0.6 is 0 Å². The number of aromatic nitrogens is 6. The predicted molar refractivity (Wildman–Crippen MR) is 153 cm³/mol. The molecule has 10 heteroatoms. The summed E-state index contributed by atoms with van der Waals surface area (Å²) in [5, 5.41) is 7.64. The quantitative estimate of drug-likeness (QED) is 0.400. The Balaban J connectivity index is 1.50. The van der Waals surface area contributed by atoms with Crippen LogP contribution in [0.25, 0.3) is 22.8 Å². The van der Waals surface area contributed by atoms with E-state index in [2.05, 4.69) is 59.5 Å². The maximum atomic E-state index is 11.8. The molecule has 1 aliphatic heterocycles. The largest absolute Gasteiger partial charge is 0.439 e. The molecule has 10 nitrogen and oxygen atoms in total. The highest BCUT2D eigenvalue weighted by molar-refractivity contribution is 5.87. The highest BCUT2D eigenvalue weighted by Crippen LogP contribution is 2.40. The van der Waals surface area contributed by atoms with Gasteiger partial charge in [-0.05, 0) is 68.6 Å². The molecule has 0 aromatic carbocycles. The third-order valence-corrected chi connectivity index (χ3v) is 9.54. The molecule has 39 heavy (non-hydrogen) atoms. The summed E-state index contributed by atoms with van der Waals surface area (Å²) in [6, 6.07) is 0.682. The Labute approximate surface area is 230 Å². The fourth-order valence-corrected chi connectivity index (χ4v) is 6.90. The first-order valence-electron chi connectivity index (χ1n) is 15.0. The number of anilines is 2. The summed E-state index contributed by atoms with van der Waals surface area (Å²) in [7, 11) is 0. The van der Waals surface area contributed by atoms with Gasteiger partial charge in [0.05, 0.1) is 0 Å². The van der Waals surface area contributed by atoms with E-state index >= 15 is 0 Å². The van der Waals surface area contributed by atoms with Gasteiger partial charge >= 0.3 is 5.76 Å². The fraction of sp³-hybridized carbons (Fsp3) is 0.759. The Morgan fingerprint density at radius 2 is 1.82 bits per heavy atom. The Hall–Kier alpha value is -2.91. The van der Waals surface area contributed by atoms with Crippen molar-refractivity contribution in [3.8, 4) is 11.6 Å². The van der Waals surface area contributed by atoms with Crippen LogP contribution in [0.2, 0.25) is 0 Å². The van der Waals surface area contributed by atoms with Crippen molar-refractivity contribution in [3.63, 3.8) is 0 Å². The van der Waals surface area contributed by atoms with Crippen molar-refractivity contribution >= 4 is 22.9 Å². The van der Waals surface area contributed by atoms with Crippen molar-refractivity contribution in [2.75, 3.05) is 16.8 Å². The predicted octanol–water partition coefficient (Wildman–Crippen LogP) is 5.61. The zero-order valence-electron chi connectivity index (χ0n) is 24.2. The van der Waals surface area contributed by atoms with E-state index in [9.17, 15) is 4.79 Å². The normalized spacial score (nSPS) is 25.3. The number of fused-ring (bicyclic) bond motifs is 1. The van der Waals surface area contributed by atoms with E-state index in [0.717, 1.165) is 49.1 Å². The Morgan fingerprint density at radius 1 is 1.05 bits per heavy atom. The standard InChI is InChI=1S/C29H44N8O2/c1-17-11-13-19(14-12-17)16-37-22-23(30-18(2)20-8-6-9-20)31-25(26-34-28(38)39-35-26)32-24(22)33-27(37)36-15-7-10-21(36)29(3,4)5/h17-21H,6-16H2,1-5H3,(H,30,31,32)(H,34,35,38)/t17?,18-,19?,21?/m1/s1. The van der Waals surface area contributed by atoms with Gasteiger partial charge in [0.15, 0.2) is 11.5 Å². The van der Waals surface area contributed by atoms with Gasteiger partial charge in [-0.15, -0.1) is 0 Å². The van der Waals surface area contributed by atoms with Crippen molar-refractivity contribution in [3.05, 3.63) is 10.6 Å². The van der Waals surface area contributed by atoms with Crippen LogP contribution in [0.15, 0.2) is 9.32 Å². The van der Waals surface area contributed by atoms with Crippen LogP contribution in [0.5, 0.6) is 0 Å². The van der Waals surface area contributed by atoms with E-state index in [-0.39, 0.29) is 17.3 Å². The molecular formula is C29H44N8O2. The Kier molecular flexibility index (Phi) is 6.91. The number of hydrogen-bond donors (Lipinski definition) is 2. The highest BCUT2D eigenvalue weighted by atomic mass is 16.5. The van der Waals surface area contributed by atoms with Crippen LogP contribution in [0, 0.1) is 23.2 Å². The van der Waals surface area contributed by atoms with Gasteiger partial charge in [-0.3, -0.25) is 9.51 Å². The van der Waals surface area contributed by atoms with Crippen LogP contribution in [-0.2, 0) is 6.54 Å². The summed E-state index contributed by atoms with van der Waals surface area (Å²) >= 11 is 0.